The van der Waals surface area contributed by atoms with E-state index >= 15 is 0 Å². The monoisotopic (exact) mass is 251 g/mol. The van der Waals surface area contributed by atoms with Crippen LogP contribution in [-0.2, 0) is 4.79 Å². The van der Waals surface area contributed by atoms with Crippen molar-refractivity contribution < 1.29 is 9.90 Å². The highest BCUT2D eigenvalue weighted by molar-refractivity contribution is 5.79. The van der Waals surface area contributed by atoms with Crippen molar-refractivity contribution in [2.75, 3.05) is 0 Å². The molecule has 0 radical (unpaired) electrons. The molecule has 0 aromatic carbocycles. The van der Waals surface area contributed by atoms with Gasteiger partial charge in [0.1, 0.15) is 0 Å². The lowest BCUT2D eigenvalue weighted by Crippen LogP contribution is -2.46. The van der Waals surface area contributed by atoms with E-state index in [1.165, 1.54) is 25.7 Å². The lowest BCUT2D eigenvalue weighted by Gasteiger charge is -2.26. The van der Waals surface area contributed by atoms with E-state index in [1.54, 1.807) is 0 Å². The van der Waals surface area contributed by atoms with Crippen molar-refractivity contribution in [1.29, 1.82) is 0 Å². The third-order valence-electron chi connectivity index (χ3n) is 5.38. The minimum atomic E-state index is -0.324. The van der Waals surface area contributed by atoms with Crippen molar-refractivity contribution in [3.63, 3.8) is 0 Å². The summed E-state index contributed by atoms with van der Waals surface area (Å²) in [7, 11) is 0. The Bertz CT molecular complexity index is 318. The maximum absolute atomic E-state index is 12.3. The summed E-state index contributed by atoms with van der Waals surface area (Å²) in [5.41, 5.74) is 0. The summed E-state index contributed by atoms with van der Waals surface area (Å²) in [6.45, 7) is 0. The Morgan fingerprint density at radius 3 is 2.56 bits per heavy atom. The molecule has 5 unspecified atom stereocenters. The minimum absolute atomic E-state index is 0.0131. The number of hydrogen-bond donors (Lipinski definition) is 2. The zero-order valence-electron chi connectivity index (χ0n) is 11.1. The highest BCUT2D eigenvalue weighted by Gasteiger charge is 2.43. The van der Waals surface area contributed by atoms with Crippen molar-refractivity contribution in [2.45, 2.75) is 69.9 Å². The first kappa shape index (κ1) is 12.5. The van der Waals surface area contributed by atoms with E-state index in [-0.39, 0.29) is 24.0 Å². The molecule has 3 nitrogen and oxygen atoms in total. The van der Waals surface area contributed by atoms with Gasteiger partial charge >= 0.3 is 0 Å². The van der Waals surface area contributed by atoms with Crippen LogP contribution < -0.4 is 5.32 Å². The van der Waals surface area contributed by atoms with Gasteiger partial charge in [-0.2, -0.15) is 0 Å². The number of amides is 1. The summed E-state index contributed by atoms with van der Waals surface area (Å²) < 4.78 is 0. The molecule has 18 heavy (non-hydrogen) atoms. The predicted molar refractivity (Wildman–Crippen MR) is 70.0 cm³/mol. The molecule has 102 valence electrons. The molecular weight excluding hydrogens is 226 g/mol. The van der Waals surface area contributed by atoms with Gasteiger partial charge in [0, 0.05) is 5.92 Å². The lowest BCUT2D eigenvalue weighted by molar-refractivity contribution is -0.128. The predicted octanol–water partition coefficient (Wildman–Crippen LogP) is 2.23. The second-order valence-corrected chi connectivity index (χ2v) is 6.60. The number of aliphatic hydroxyl groups is 1. The molecule has 0 saturated heterocycles. The fourth-order valence-electron chi connectivity index (χ4n) is 4.31. The van der Waals surface area contributed by atoms with Gasteiger partial charge in [0.15, 0.2) is 0 Å². The van der Waals surface area contributed by atoms with Crippen LogP contribution in [0.2, 0.25) is 0 Å². The van der Waals surface area contributed by atoms with Gasteiger partial charge in [-0.1, -0.05) is 25.7 Å². The molecule has 0 aliphatic heterocycles. The van der Waals surface area contributed by atoms with Crippen LogP contribution in [0.1, 0.15) is 57.8 Å². The number of carbonyl (C=O) groups excluding carboxylic acids is 1. The Morgan fingerprint density at radius 1 is 1.00 bits per heavy atom. The summed E-state index contributed by atoms with van der Waals surface area (Å²) in [5.74, 6) is 1.93. The first-order valence-electron chi connectivity index (χ1n) is 7.72. The molecule has 0 spiro atoms. The van der Waals surface area contributed by atoms with E-state index in [0.29, 0.717) is 5.92 Å². The Labute approximate surface area is 109 Å². The first-order chi connectivity index (χ1) is 8.74. The Balaban J connectivity index is 1.56. The van der Waals surface area contributed by atoms with Crippen LogP contribution in [0.3, 0.4) is 0 Å². The molecule has 2 bridgehead atoms. The van der Waals surface area contributed by atoms with E-state index in [0.717, 1.165) is 38.0 Å². The Morgan fingerprint density at radius 2 is 1.83 bits per heavy atom. The molecule has 2 N–H and O–H groups in total. The molecule has 3 fully saturated rings. The summed E-state index contributed by atoms with van der Waals surface area (Å²) in [5, 5.41) is 13.2. The molecule has 3 rings (SSSR count). The van der Waals surface area contributed by atoms with Gasteiger partial charge in [-0.15, -0.1) is 0 Å². The number of rotatable bonds is 2. The maximum atomic E-state index is 12.3. The smallest absolute Gasteiger partial charge is 0.223 e. The number of nitrogens with one attached hydrogen (secondary N) is 1. The standard InChI is InChI=1S/C15H25NO2/c17-14-5-3-1-2-4-13(14)16-15(18)12-9-10-6-7-11(12)8-10/h10-14,17H,1-9H2,(H,16,18). The summed E-state index contributed by atoms with van der Waals surface area (Å²) in [6, 6.07) is 0.0131. The molecule has 0 heterocycles. The summed E-state index contributed by atoms with van der Waals surface area (Å²) in [4.78, 5) is 12.3. The Hall–Kier alpha value is -0.570. The maximum Gasteiger partial charge on any atom is 0.223 e. The van der Waals surface area contributed by atoms with Gasteiger partial charge in [0.25, 0.3) is 0 Å². The van der Waals surface area contributed by atoms with E-state index in [9.17, 15) is 9.90 Å². The lowest BCUT2D eigenvalue weighted by atomic mass is 9.87. The second kappa shape index (κ2) is 5.20. The molecule has 5 atom stereocenters. The van der Waals surface area contributed by atoms with Crippen molar-refractivity contribution in [3.05, 3.63) is 0 Å². The van der Waals surface area contributed by atoms with Crippen molar-refractivity contribution in [1.82, 2.24) is 5.32 Å². The van der Waals surface area contributed by atoms with Gasteiger partial charge in [0.05, 0.1) is 12.1 Å². The number of carbonyl (C=O) groups is 1. The van der Waals surface area contributed by atoms with Gasteiger partial charge < -0.3 is 10.4 Å². The number of hydrogen-bond acceptors (Lipinski definition) is 2. The molecule has 1 amide bonds. The fraction of sp³-hybridized carbons (Fsp3) is 0.933. The fourth-order valence-corrected chi connectivity index (χ4v) is 4.31. The van der Waals surface area contributed by atoms with Gasteiger partial charge in [0.2, 0.25) is 5.91 Å². The number of aliphatic hydroxyl groups excluding tert-OH is 1. The van der Waals surface area contributed by atoms with Gasteiger partial charge in [-0.3, -0.25) is 4.79 Å². The highest BCUT2D eigenvalue weighted by atomic mass is 16.3. The van der Waals surface area contributed by atoms with E-state index in [1.807, 2.05) is 0 Å². The molecule has 0 aromatic rings. The largest absolute Gasteiger partial charge is 0.391 e. The van der Waals surface area contributed by atoms with E-state index < -0.39 is 0 Å². The second-order valence-electron chi connectivity index (χ2n) is 6.60. The molecule has 3 aliphatic rings. The van der Waals surface area contributed by atoms with Crippen LogP contribution >= 0.6 is 0 Å². The summed E-state index contributed by atoms with van der Waals surface area (Å²) >= 11 is 0. The van der Waals surface area contributed by atoms with Crippen LogP contribution in [-0.4, -0.2) is 23.2 Å². The van der Waals surface area contributed by atoms with Crippen LogP contribution in [0.4, 0.5) is 0 Å². The van der Waals surface area contributed by atoms with Crippen LogP contribution in [0.15, 0.2) is 0 Å². The average Bonchev–Trinajstić information content (AvgIpc) is 2.93. The molecule has 3 saturated carbocycles. The topological polar surface area (TPSA) is 49.3 Å². The average molecular weight is 251 g/mol. The SMILES string of the molecule is O=C(NC1CCCCCC1O)C1CC2CCC1C2. The third-order valence-corrected chi connectivity index (χ3v) is 5.38. The van der Waals surface area contributed by atoms with E-state index in [4.69, 9.17) is 0 Å². The van der Waals surface area contributed by atoms with Gasteiger partial charge in [-0.05, 0) is 43.9 Å². The molecule has 3 aliphatic carbocycles. The summed E-state index contributed by atoms with van der Waals surface area (Å²) in [6.07, 6.45) is 9.85. The molecule has 3 heteroatoms. The quantitative estimate of drug-likeness (QED) is 0.739. The third kappa shape index (κ3) is 2.42. The Kier molecular flexibility index (Phi) is 3.60. The number of fused-ring (bicyclic) bond motifs is 2. The highest BCUT2D eigenvalue weighted by Crippen LogP contribution is 2.48. The van der Waals surface area contributed by atoms with Crippen molar-refractivity contribution in [2.24, 2.45) is 17.8 Å². The molecular formula is C15H25NO2. The first-order valence-corrected chi connectivity index (χ1v) is 7.72. The minimum Gasteiger partial charge on any atom is -0.391 e. The zero-order chi connectivity index (χ0) is 12.5. The zero-order valence-corrected chi connectivity index (χ0v) is 11.1. The van der Waals surface area contributed by atoms with E-state index in [2.05, 4.69) is 5.32 Å². The van der Waals surface area contributed by atoms with Crippen molar-refractivity contribution >= 4 is 5.91 Å². The van der Waals surface area contributed by atoms with Crippen LogP contribution in [0, 0.1) is 17.8 Å². The normalized spacial score (nSPS) is 43.7. The van der Waals surface area contributed by atoms with Crippen LogP contribution in [0.25, 0.3) is 0 Å². The van der Waals surface area contributed by atoms with Gasteiger partial charge in [-0.25, -0.2) is 0 Å². The molecule has 0 aromatic heterocycles. The van der Waals surface area contributed by atoms with Crippen LogP contribution in [0.5, 0.6) is 0 Å². The van der Waals surface area contributed by atoms with Crippen molar-refractivity contribution in [3.8, 4) is 0 Å².